The molecule has 0 aliphatic carbocycles. The van der Waals surface area contributed by atoms with E-state index in [4.69, 9.17) is 0 Å². The number of fused-ring (bicyclic) bond motifs is 1. The Balaban J connectivity index is 1.22. The number of hydrogen-bond donors (Lipinski definition) is 1. The topological polar surface area (TPSA) is 73.7 Å². The van der Waals surface area contributed by atoms with Crippen LogP contribution < -0.4 is 15.8 Å². The van der Waals surface area contributed by atoms with Crippen LogP contribution in [0.25, 0.3) is 11.0 Å². The van der Waals surface area contributed by atoms with Crippen LogP contribution in [0.5, 0.6) is 0 Å². The molecule has 2 aliphatic rings. The normalized spacial score (nSPS) is 18.5. The molecule has 0 spiro atoms. The average molecular weight is 469 g/mol. The Morgan fingerprint density at radius 2 is 1.68 bits per heavy atom. The number of nitrogens with zero attached hydrogens (tertiary/aromatic N) is 5. The molecule has 0 atom stereocenters. The van der Waals surface area contributed by atoms with E-state index in [-0.39, 0.29) is 17.4 Å². The quantitative estimate of drug-likeness (QED) is 0.569. The summed E-state index contributed by atoms with van der Waals surface area (Å²) in [6.07, 6.45) is 3.73. The lowest BCUT2D eigenvalue weighted by atomic mass is 9.96. The van der Waals surface area contributed by atoms with Crippen molar-refractivity contribution in [2.75, 3.05) is 63.8 Å². The number of carbonyl (C=O) groups is 1. The van der Waals surface area contributed by atoms with Gasteiger partial charge in [0.1, 0.15) is 0 Å². The maximum Gasteiger partial charge on any atom is 0.293 e. The Labute approximate surface area is 202 Å². The molecule has 1 N–H and O–H groups in total. The third kappa shape index (κ3) is 5.78. The summed E-state index contributed by atoms with van der Waals surface area (Å²) in [4.78, 5) is 37.6. The van der Waals surface area contributed by atoms with Crippen molar-refractivity contribution < 1.29 is 4.79 Å². The molecule has 0 radical (unpaired) electrons. The summed E-state index contributed by atoms with van der Waals surface area (Å²) in [5.74, 6) is 0.686. The fraction of sp³-hybridized carbons (Fsp3) is 0.654. The van der Waals surface area contributed by atoms with Crippen LogP contribution in [0.1, 0.15) is 39.5 Å². The van der Waals surface area contributed by atoms with Crippen molar-refractivity contribution >= 4 is 22.8 Å². The molecule has 2 aromatic rings. The maximum atomic E-state index is 13.1. The van der Waals surface area contributed by atoms with Gasteiger partial charge in [0.2, 0.25) is 5.91 Å². The van der Waals surface area contributed by atoms with Crippen LogP contribution in [-0.4, -0.2) is 84.2 Å². The summed E-state index contributed by atoms with van der Waals surface area (Å²) in [7, 11) is 0. The first-order chi connectivity index (χ1) is 16.6. The zero-order valence-corrected chi connectivity index (χ0v) is 20.8. The van der Waals surface area contributed by atoms with E-state index < -0.39 is 0 Å². The second kappa shape index (κ2) is 11.8. The molecule has 2 fully saturated rings. The fourth-order valence-electron chi connectivity index (χ4n) is 5.26. The number of amides is 1. The first-order valence-corrected chi connectivity index (χ1v) is 13.1. The summed E-state index contributed by atoms with van der Waals surface area (Å²) in [6.45, 7) is 13.8. The molecule has 186 valence electrons. The third-order valence-corrected chi connectivity index (χ3v) is 7.27. The van der Waals surface area contributed by atoms with Gasteiger partial charge in [0, 0.05) is 58.3 Å². The van der Waals surface area contributed by atoms with Crippen molar-refractivity contribution in [2.24, 2.45) is 5.92 Å². The Bertz CT molecular complexity index is 1010. The van der Waals surface area contributed by atoms with E-state index >= 15 is 0 Å². The van der Waals surface area contributed by atoms with Crippen LogP contribution >= 0.6 is 0 Å². The number of rotatable bonds is 9. The first kappa shape index (κ1) is 24.7. The zero-order valence-electron chi connectivity index (χ0n) is 20.8. The lowest BCUT2D eigenvalue weighted by Crippen LogP contribution is -2.47. The Morgan fingerprint density at radius 1 is 1.00 bits per heavy atom. The molecule has 3 heterocycles. The van der Waals surface area contributed by atoms with Gasteiger partial charge in [-0.05, 0) is 57.8 Å². The van der Waals surface area contributed by atoms with Crippen molar-refractivity contribution in [1.82, 2.24) is 24.7 Å². The molecule has 0 saturated carbocycles. The van der Waals surface area contributed by atoms with Gasteiger partial charge in [-0.1, -0.05) is 19.1 Å². The molecule has 2 saturated heterocycles. The minimum absolute atomic E-state index is 0.0164. The van der Waals surface area contributed by atoms with E-state index in [2.05, 4.69) is 31.9 Å². The number of para-hydroxylation sites is 2. The molecule has 4 rings (SSSR count). The van der Waals surface area contributed by atoms with Gasteiger partial charge in [-0.2, -0.15) is 0 Å². The van der Waals surface area contributed by atoms with Gasteiger partial charge in [0.05, 0.1) is 11.0 Å². The number of nitrogens with one attached hydrogen (secondary N) is 1. The molecule has 8 nitrogen and oxygen atoms in total. The van der Waals surface area contributed by atoms with Gasteiger partial charge in [-0.25, -0.2) is 4.98 Å². The predicted octanol–water partition coefficient (Wildman–Crippen LogP) is 2.17. The van der Waals surface area contributed by atoms with Crippen molar-refractivity contribution in [2.45, 2.75) is 46.1 Å². The number of carbonyl (C=O) groups excluding carboxylic acids is 1. The van der Waals surface area contributed by atoms with Crippen LogP contribution in [0.2, 0.25) is 0 Å². The average Bonchev–Trinajstić information content (AvgIpc) is 2.87. The molecular formula is C26H40N6O2. The number of anilines is 1. The van der Waals surface area contributed by atoms with Gasteiger partial charge in [0.15, 0.2) is 5.82 Å². The summed E-state index contributed by atoms with van der Waals surface area (Å²) < 4.78 is 1.79. The second-order valence-electron chi connectivity index (χ2n) is 9.56. The first-order valence-electron chi connectivity index (χ1n) is 13.1. The smallest absolute Gasteiger partial charge is 0.293 e. The van der Waals surface area contributed by atoms with Gasteiger partial charge in [-0.15, -0.1) is 0 Å². The number of piperazine rings is 1. The van der Waals surface area contributed by atoms with Gasteiger partial charge < -0.3 is 24.6 Å². The highest BCUT2D eigenvalue weighted by Gasteiger charge is 2.27. The Hall–Kier alpha value is -2.45. The largest absolute Gasteiger partial charge is 0.356 e. The second-order valence-corrected chi connectivity index (χ2v) is 9.56. The highest BCUT2D eigenvalue weighted by atomic mass is 16.2. The zero-order chi connectivity index (χ0) is 23.9. The lowest BCUT2D eigenvalue weighted by Gasteiger charge is -2.34. The molecular weight excluding hydrogens is 428 g/mol. The number of benzene rings is 1. The van der Waals surface area contributed by atoms with Gasteiger partial charge >= 0.3 is 0 Å². The van der Waals surface area contributed by atoms with Crippen molar-refractivity contribution in [3.8, 4) is 0 Å². The molecule has 0 unspecified atom stereocenters. The number of piperidine rings is 1. The highest BCUT2D eigenvalue weighted by molar-refractivity contribution is 5.79. The van der Waals surface area contributed by atoms with E-state index in [1.807, 2.05) is 31.2 Å². The van der Waals surface area contributed by atoms with Crippen LogP contribution in [0.15, 0.2) is 29.1 Å². The van der Waals surface area contributed by atoms with Crippen LogP contribution in [-0.2, 0) is 11.3 Å². The lowest BCUT2D eigenvalue weighted by molar-refractivity contribution is -0.125. The molecule has 8 heteroatoms. The van der Waals surface area contributed by atoms with E-state index in [0.29, 0.717) is 25.5 Å². The van der Waals surface area contributed by atoms with Crippen molar-refractivity contribution in [3.05, 3.63) is 34.6 Å². The minimum Gasteiger partial charge on any atom is -0.356 e. The number of aryl methyl sites for hydroxylation is 1. The molecule has 1 aromatic heterocycles. The van der Waals surface area contributed by atoms with E-state index in [9.17, 15) is 9.59 Å². The summed E-state index contributed by atoms with van der Waals surface area (Å²) in [6, 6.07) is 7.79. The summed E-state index contributed by atoms with van der Waals surface area (Å²) >= 11 is 0. The SMILES string of the molecule is CCCN1CCN(CCCNC(=O)C2CCN(c3nc4ccccc4n(CC)c3=O)CC2)CC1. The molecule has 2 aliphatic heterocycles. The summed E-state index contributed by atoms with van der Waals surface area (Å²) in [5, 5.41) is 3.15. The highest BCUT2D eigenvalue weighted by Crippen LogP contribution is 2.22. The Kier molecular flexibility index (Phi) is 8.56. The third-order valence-electron chi connectivity index (χ3n) is 7.27. The van der Waals surface area contributed by atoms with Crippen LogP contribution in [0.3, 0.4) is 0 Å². The van der Waals surface area contributed by atoms with Crippen LogP contribution in [0.4, 0.5) is 5.82 Å². The van der Waals surface area contributed by atoms with Gasteiger partial charge in [-0.3, -0.25) is 9.59 Å². The van der Waals surface area contributed by atoms with Crippen molar-refractivity contribution in [1.29, 1.82) is 0 Å². The van der Waals surface area contributed by atoms with Gasteiger partial charge in [0.25, 0.3) is 5.56 Å². The Morgan fingerprint density at radius 3 is 2.35 bits per heavy atom. The monoisotopic (exact) mass is 468 g/mol. The predicted molar refractivity (Wildman–Crippen MR) is 137 cm³/mol. The molecule has 0 bridgehead atoms. The number of aromatic nitrogens is 2. The van der Waals surface area contributed by atoms with E-state index in [1.165, 1.54) is 13.0 Å². The van der Waals surface area contributed by atoms with Crippen molar-refractivity contribution in [3.63, 3.8) is 0 Å². The van der Waals surface area contributed by atoms with E-state index in [1.54, 1.807) is 4.57 Å². The summed E-state index contributed by atoms with van der Waals surface area (Å²) in [5.41, 5.74) is 1.67. The molecule has 34 heavy (non-hydrogen) atoms. The fourth-order valence-corrected chi connectivity index (χ4v) is 5.26. The molecule has 1 amide bonds. The maximum absolute atomic E-state index is 13.1. The number of hydrogen-bond acceptors (Lipinski definition) is 6. The standard InChI is InChI=1S/C26H40N6O2/c1-3-13-29-17-19-30(20-18-29)14-7-12-27-25(33)21-10-15-31(16-11-21)24-26(34)32(4-2)23-9-6-5-8-22(23)28-24/h5-6,8-9,21H,3-4,7,10-20H2,1-2H3,(H,27,33). The van der Waals surface area contributed by atoms with E-state index in [0.717, 1.165) is 69.6 Å². The van der Waals surface area contributed by atoms with Crippen LogP contribution in [0, 0.1) is 5.92 Å². The minimum atomic E-state index is -0.0420. The molecule has 1 aromatic carbocycles.